The second-order valence-electron chi connectivity index (χ2n) is 3.36. The van der Waals surface area contributed by atoms with Crippen LogP contribution in [0.4, 0.5) is 0 Å². The summed E-state index contributed by atoms with van der Waals surface area (Å²) in [5, 5.41) is 6.12. The lowest BCUT2D eigenvalue weighted by Gasteiger charge is -2.28. The fraction of sp³-hybridized carbons (Fsp3) is 0.286. The summed E-state index contributed by atoms with van der Waals surface area (Å²) in [6, 6.07) is 4.26. The Morgan fingerprint density at radius 1 is 1.11 bits per heavy atom. The van der Waals surface area contributed by atoms with Crippen molar-refractivity contribution in [3.05, 3.63) is 30.1 Å². The molecular weight excluding hydrogens is 288 g/mol. The summed E-state index contributed by atoms with van der Waals surface area (Å²) >= 11 is 0. The van der Waals surface area contributed by atoms with Crippen LogP contribution >= 0.6 is 15.2 Å². The lowest BCUT2D eigenvalue weighted by atomic mass is 10.3. The van der Waals surface area contributed by atoms with Gasteiger partial charge in [-0.3, -0.25) is 14.1 Å². The van der Waals surface area contributed by atoms with Crippen molar-refractivity contribution in [1.82, 2.24) is 4.98 Å². The third-order valence-electron chi connectivity index (χ3n) is 2.08. The molecule has 18 heavy (non-hydrogen) atoms. The van der Waals surface area contributed by atoms with E-state index in [1.54, 1.807) is 0 Å². The molecule has 1 rings (SSSR count). The van der Waals surface area contributed by atoms with Crippen molar-refractivity contribution >= 4 is 15.2 Å². The van der Waals surface area contributed by atoms with Gasteiger partial charge in [-0.2, -0.15) is 0 Å². The number of hydrogen-bond acceptors (Lipinski definition) is 4. The Kier molecular flexibility index (Phi) is 5.37. The average molecular weight is 301 g/mol. The van der Waals surface area contributed by atoms with Crippen molar-refractivity contribution < 1.29 is 39.3 Å². The highest BCUT2D eigenvalue weighted by Gasteiger charge is 2.59. The maximum absolute atomic E-state index is 11.0. The van der Waals surface area contributed by atoms with Gasteiger partial charge in [0.15, 0.2) is 0 Å². The normalized spacial score (nSPS) is 12.9. The largest absolute Gasteiger partial charge is 0.412 e. The molecule has 0 spiro atoms. The molecule has 1 heterocycles. The standard InChI is InChI=1S/C7H11NO7P2.H2O/c9-7(16(10,11)12,17(13,14)15)5-6-3-1-2-4-8-6;/h1-4,9H,5H2,(H2,10,11,12)(H2,13,14,15);1H2. The Morgan fingerprint density at radius 2 is 1.61 bits per heavy atom. The summed E-state index contributed by atoms with van der Waals surface area (Å²) in [5.74, 6) is 0. The minimum absolute atomic E-state index is 0. The van der Waals surface area contributed by atoms with Gasteiger partial charge >= 0.3 is 15.2 Å². The molecule has 9 nitrogen and oxygen atoms in total. The second-order valence-corrected chi connectivity index (χ2v) is 7.37. The number of nitrogens with zero attached hydrogens (tertiary/aromatic N) is 1. The van der Waals surface area contributed by atoms with Crippen molar-refractivity contribution in [3.63, 3.8) is 0 Å². The summed E-state index contributed by atoms with van der Waals surface area (Å²) in [6.45, 7) is 0. The number of pyridine rings is 1. The van der Waals surface area contributed by atoms with Gasteiger partial charge in [0.05, 0.1) is 0 Å². The zero-order valence-corrected chi connectivity index (χ0v) is 10.7. The van der Waals surface area contributed by atoms with Crippen LogP contribution in [0.1, 0.15) is 5.69 Å². The first kappa shape index (κ1) is 17.4. The number of aliphatic hydroxyl groups is 1. The Morgan fingerprint density at radius 3 is 1.94 bits per heavy atom. The highest BCUT2D eigenvalue weighted by atomic mass is 31.2. The average Bonchev–Trinajstić information content (AvgIpc) is 2.15. The lowest BCUT2D eigenvalue weighted by Crippen LogP contribution is -2.31. The molecule has 0 atom stereocenters. The van der Waals surface area contributed by atoms with Crippen LogP contribution in [0.2, 0.25) is 0 Å². The molecule has 1 aromatic rings. The molecule has 0 amide bonds. The van der Waals surface area contributed by atoms with E-state index in [9.17, 15) is 14.2 Å². The first-order valence-electron chi connectivity index (χ1n) is 4.31. The van der Waals surface area contributed by atoms with Gasteiger partial charge in [-0.05, 0) is 12.1 Å². The fourth-order valence-corrected chi connectivity index (χ4v) is 3.21. The monoisotopic (exact) mass is 301 g/mol. The molecular formula is C7H13NO8P2. The zero-order valence-electron chi connectivity index (χ0n) is 8.91. The first-order chi connectivity index (χ1) is 7.58. The summed E-state index contributed by atoms with van der Waals surface area (Å²) in [4.78, 5) is 39.1. The van der Waals surface area contributed by atoms with Crippen LogP contribution in [0.15, 0.2) is 24.4 Å². The van der Waals surface area contributed by atoms with Gasteiger partial charge in [-0.25, -0.2) is 0 Å². The van der Waals surface area contributed by atoms with Gasteiger partial charge in [0.2, 0.25) is 0 Å². The van der Waals surface area contributed by atoms with E-state index < -0.39 is 26.7 Å². The molecule has 0 aliphatic carbocycles. The van der Waals surface area contributed by atoms with Crippen molar-refractivity contribution in [2.45, 2.75) is 11.5 Å². The first-order valence-corrected chi connectivity index (χ1v) is 7.54. The number of hydrogen-bond donors (Lipinski definition) is 5. The van der Waals surface area contributed by atoms with E-state index in [-0.39, 0.29) is 11.2 Å². The van der Waals surface area contributed by atoms with Crippen molar-refractivity contribution in [2.24, 2.45) is 0 Å². The summed E-state index contributed by atoms with van der Waals surface area (Å²) < 4.78 is 22.1. The van der Waals surface area contributed by atoms with E-state index in [2.05, 4.69) is 4.98 Å². The van der Waals surface area contributed by atoms with Gasteiger partial charge in [0.25, 0.3) is 5.08 Å². The lowest BCUT2D eigenvalue weighted by molar-refractivity contribution is 0.130. The molecule has 0 aromatic carbocycles. The maximum atomic E-state index is 11.0. The van der Waals surface area contributed by atoms with Crippen LogP contribution in [-0.2, 0) is 15.6 Å². The molecule has 0 aliphatic rings. The van der Waals surface area contributed by atoms with Crippen LogP contribution in [0.25, 0.3) is 0 Å². The predicted molar refractivity (Wildman–Crippen MR) is 60.6 cm³/mol. The second kappa shape index (κ2) is 5.56. The van der Waals surface area contributed by atoms with E-state index in [1.165, 1.54) is 24.4 Å². The molecule has 0 aliphatic heterocycles. The quantitative estimate of drug-likeness (QED) is 0.430. The highest BCUT2D eigenvalue weighted by molar-refractivity contribution is 7.72. The Balaban J connectivity index is 0.00000289. The molecule has 0 bridgehead atoms. The van der Waals surface area contributed by atoms with E-state index in [1.807, 2.05) is 0 Å². The fourth-order valence-electron chi connectivity index (χ4n) is 1.12. The maximum Gasteiger partial charge on any atom is 0.369 e. The molecule has 0 saturated carbocycles. The molecule has 11 heteroatoms. The topological polar surface area (TPSA) is 180 Å². The summed E-state index contributed by atoms with van der Waals surface area (Å²) in [7, 11) is -10.8. The van der Waals surface area contributed by atoms with Gasteiger partial charge in [0.1, 0.15) is 0 Å². The van der Waals surface area contributed by atoms with Crippen molar-refractivity contribution in [1.29, 1.82) is 0 Å². The SMILES string of the molecule is O.O=P(O)(O)C(O)(Cc1ccccn1)P(=O)(O)O. The Hall–Kier alpha value is -0.630. The van der Waals surface area contributed by atoms with Crippen LogP contribution in [0, 0.1) is 0 Å². The molecule has 7 N–H and O–H groups in total. The summed E-state index contributed by atoms with van der Waals surface area (Å²) in [6.07, 6.45) is 0.331. The van der Waals surface area contributed by atoms with Gasteiger partial charge < -0.3 is 30.2 Å². The van der Waals surface area contributed by atoms with Crippen LogP contribution in [0.3, 0.4) is 0 Å². The molecule has 1 aromatic heterocycles. The summed E-state index contributed by atoms with van der Waals surface area (Å²) in [5.41, 5.74) is -0.0401. The van der Waals surface area contributed by atoms with Crippen molar-refractivity contribution in [2.75, 3.05) is 0 Å². The Labute approximate surface area is 102 Å². The van der Waals surface area contributed by atoms with E-state index in [0.29, 0.717) is 0 Å². The molecule has 0 saturated heterocycles. The number of aromatic nitrogens is 1. The van der Waals surface area contributed by atoms with Gasteiger partial charge in [-0.15, -0.1) is 0 Å². The van der Waals surface area contributed by atoms with E-state index in [0.717, 1.165) is 0 Å². The zero-order chi connectivity index (χ0) is 13.3. The molecule has 0 fully saturated rings. The van der Waals surface area contributed by atoms with Crippen LogP contribution in [-0.4, -0.2) is 40.2 Å². The van der Waals surface area contributed by atoms with Gasteiger partial charge in [0, 0.05) is 18.3 Å². The van der Waals surface area contributed by atoms with Gasteiger partial charge in [-0.1, -0.05) is 6.07 Å². The molecule has 104 valence electrons. The molecule has 0 unspecified atom stereocenters. The molecule has 0 radical (unpaired) electrons. The van der Waals surface area contributed by atoms with E-state index in [4.69, 9.17) is 19.6 Å². The predicted octanol–water partition coefficient (Wildman–Crippen LogP) is -1.20. The Bertz CT molecular complexity index is 457. The third-order valence-corrected chi connectivity index (χ3v) is 5.82. The third kappa shape index (κ3) is 3.44. The minimum Gasteiger partial charge on any atom is -0.412 e. The minimum atomic E-state index is -5.42. The smallest absolute Gasteiger partial charge is 0.369 e. The highest BCUT2D eigenvalue weighted by Crippen LogP contribution is 2.68. The van der Waals surface area contributed by atoms with Crippen LogP contribution < -0.4 is 0 Å². The number of rotatable bonds is 4. The van der Waals surface area contributed by atoms with E-state index >= 15 is 0 Å². The van der Waals surface area contributed by atoms with Crippen LogP contribution in [0.5, 0.6) is 0 Å². The van der Waals surface area contributed by atoms with Crippen molar-refractivity contribution in [3.8, 4) is 0 Å².